The zero-order valence-corrected chi connectivity index (χ0v) is 19.8. The van der Waals surface area contributed by atoms with E-state index in [1.165, 1.54) is 29.2 Å². The van der Waals surface area contributed by atoms with Crippen molar-refractivity contribution in [1.29, 1.82) is 0 Å². The first-order valence-electron chi connectivity index (χ1n) is 10.5. The van der Waals surface area contributed by atoms with Crippen molar-refractivity contribution in [2.24, 2.45) is 0 Å². The summed E-state index contributed by atoms with van der Waals surface area (Å²) in [6.45, 7) is 1.99. The highest BCUT2D eigenvalue weighted by molar-refractivity contribution is 7.99. The Morgan fingerprint density at radius 1 is 1.15 bits per heavy atom. The van der Waals surface area contributed by atoms with Gasteiger partial charge in [-0.25, -0.2) is 14.4 Å². The van der Waals surface area contributed by atoms with E-state index >= 15 is 0 Å². The number of nitrogens with zero attached hydrogens (tertiary/aromatic N) is 3. The van der Waals surface area contributed by atoms with E-state index in [9.17, 15) is 14.0 Å². The van der Waals surface area contributed by atoms with Crippen LogP contribution in [0.3, 0.4) is 0 Å². The molecule has 1 amide bonds. The maximum atomic E-state index is 13.8. The number of hydrogen-bond donors (Lipinski definition) is 1. The number of aromatic nitrogens is 3. The molecule has 3 aromatic heterocycles. The fraction of sp³-hybridized carbons (Fsp3) is 0.120. The molecule has 9 heteroatoms. The number of halogens is 1. The third-order valence-corrected chi connectivity index (χ3v) is 7.36. The summed E-state index contributed by atoms with van der Waals surface area (Å²) < 4.78 is 16.0. The summed E-state index contributed by atoms with van der Waals surface area (Å²) in [5.74, 6) is -0.680. The van der Waals surface area contributed by atoms with Gasteiger partial charge in [-0.2, -0.15) is 0 Å². The zero-order chi connectivity index (χ0) is 23.7. The summed E-state index contributed by atoms with van der Waals surface area (Å²) in [6.07, 6.45) is 1.69. The SMILES string of the molecule is Cc1ccc(NC(=O)CSc2nc3c(sc4ncccc43)c(=O)n2Cc2ccccc2)cc1F. The lowest BCUT2D eigenvalue weighted by atomic mass is 10.2. The van der Waals surface area contributed by atoms with Crippen LogP contribution in [0.25, 0.3) is 20.4 Å². The van der Waals surface area contributed by atoms with Crippen molar-refractivity contribution in [2.75, 3.05) is 11.1 Å². The largest absolute Gasteiger partial charge is 0.325 e. The number of fused-ring (bicyclic) bond motifs is 3. The summed E-state index contributed by atoms with van der Waals surface area (Å²) in [7, 11) is 0. The van der Waals surface area contributed by atoms with Crippen molar-refractivity contribution in [3.8, 4) is 0 Å². The molecule has 6 nitrogen and oxygen atoms in total. The second-order valence-electron chi connectivity index (χ2n) is 7.71. The predicted octanol–water partition coefficient (Wildman–Crippen LogP) is 5.23. The minimum atomic E-state index is -0.382. The molecule has 0 atom stereocenters. The highest BCUT2D eigenvalue weighted by atomic mass is 32.2. The number of aryl methyl sites for hydroxylation is 1. The monoisotopic (exact) mass is 490 g/mol. The number of thiophene rings is 1. The molecule has 2 aromatic carbocycles. The molecule has 0 unspecified atom stereocenters. The van der Waals surface area contributed by atoms with Gasteiger partial charge in [0, 0.05) is 17.3 Å². The van der Waals surface area contributed by atoms with Crippen LogP contribution in [0.1, 0.15) is 11.1 Å². The number of hydrogen-bond acceptors (Lipinski definition) is 6. The number of carbonyl (C=O) groups is 1. The van der Waals surface area contributed by atoms with E-state index in [0.29, 0.717) is 33.2 Å². The Labute approximate surface area is 202 Å². The van der Waals surface area contributed by atoms with Crippen molar-refractivity contribution in [2.45, 2.75) is 18.6 Å². The van der Waals surface area contributed by atoms with Crippen molar-refractivity contribution in [3.63, 3.8) is 0 Å². The number of carbonyl (C=O) groups excluding carboxylic acids is 1. The lowest BCUT2D eigenvalue weighted by molar-refractivity contribution is -0.113. The summed E-state index contributed by atoms with van der Waals surface area (Å²) in [5.41, 5.74) is 2.26. The predicted molar refractivity (Wildman–Crippen MR) is 135 cm³/mol. The number of benzene rings is 2. The van der Waals surface area contributed by atoms with Crippen LogP contribution >= 0.6 is 23.1 Å². The number of pyridine rings is 1. The van der Waals surface area contributed by atoms with Crippen LogP contribution in [-0.4, -0.2) is 26.2 Å². The number of amides is 1. The van der Waals surface area contributed by atoms with Crippen LogP contribution in [0.5, 0.6) is 0 Å². The zero-order valence-electron chi connectivity index (χ0n) is 18.1. The molecule has 0 aliphatic rings. The highest BCUT2D eigenvalue weighted by Gasteiger charge is 2.18. The van der Waals surface area contributed by atoms with Gasteiger partial charge < -0.3 is 5.32 Å². The van der Waals surface area contributed by atoms with Gasteiger partial charge in [0.05, 0.1) is 17.8 Å². The fourth-order valence-electron chi connectivity index (χ4n) is 3.55. The van der Waals surface area contributed by atoms with E-state index in [2.05, 4.69) is 10.3 Å². The molecule has 0 fully saturated rings. The quantitative estimate of drug-likeness (QED) is 0.260. The number of nitrogens with one attached hydrogen (secondary N) is 1. The molecule has 1 N–H and O–H groups in total. The van der Waals surface area contributed by atoms with Crippen molar-refractivity contribution >= 4 is 55.1 Å². The van der Waals surface area contributed by atoms with E-state index in [-0.39, 0.29) is 23.0 Å². The molecular formula is C25H19FN4O2S2. The number of thioether (sulfide) groups is 1. The Morgan fingerprint density at radius 2 is 1.97 bits per heavy atom. The number of anilines is 1. The molecule has 170 valence electrons. The lowest BCUT2D eigenvalue weighted by Gasteiger charge is -2.12. The van der Waals surface area contributed by atoms with Crippen LogP contribution < -0.4 is 10.9 Å². The van der Waals surface area contributed by atoms with Crippen LogP contribution in [0, 0.1) is 12.7 Å². The van der Waals surface area contributed by atoms with E-state index in [1.54, 1.807) is 29.8 Å². The van der Waals surface area contributed by atoms with Gasteiger partial charge in [0.15, 0.2) is 5.16 Å². The van der Waals surface area contributed by atoms with Gasteiger partial charge in [-0.1, -0.05) is 48.2 Å². The summed E-state index contributed by atoms with van der Waals surface area (Å²) in [6, 6.07) is 17.9. The van der Waals surface area contributed by atoms with E-state index in [4.69, 9.17) is 4.98 Å². The van der Waals surface area contributed by atoms with Crippen LogP contribution in [0.2, 0.25) is 0 Å². The Kier molecular flexibility index (Phi) is 6.12. The molecule has 3 heterocycles. The molecule has 0 aliphatic heterocycles. The van der Waals surface area contributed by atoms with Crippen LogP contribution in [-0.2, 0) is 11.3 Å². The van der Waals surface area contributed by atoms with Crippen LogP contribution in [0.4, 0.5) is 10.1 Å². The smallest absolute Gasteiger partial charge is 0.272 e. The molecule has 0 saturated carbocycles. The van der Waals surface area contributed by atoms with Gasteiger partial charge in [-0.15, -0.1) is 11.3 Å². The summed E-state index contributed by atoms with van der Waals surface area (Å²) in [4.78, 5) is 36.0. The van der Waals surface area contributed by atoms with Gasteiger partial charge in [-0.05, 0) is 42.3 Å². The van der Waals surface area contributed by atoms with Crippen LogP contribution in [0.15, 0.2) is 76.8 Å². The normalized spacial score (nSPS) is 11.2. The van der Waals surface area contributed by atoms with E-state index in [0.717, 1.165) is 15.8 Å². The molecule has 0 aliphatic carbocycles. The minimum Gasteiger partial charge on any atom is -0.325 e. The number of rotatable bonds is 6. The first-order chi connectivity index (χ1) is 16.5. The maximum Gasteiger partial charge on any atom is 0.272 e. The third-order valence-electron chi connectivity index (χ3n) is 5.29. The molecule has 5 aromatic rings. The summed E-state index contributed by atoms with van der Waals surface area (Å²) >= 11 is 2.49. The molecule has 0 radical (unpaired) electrons. The highest BCUT2D eigenvalue weighted by Crippen LogP contribution is 2.30. The molecular weight excluding hydrogens is 471 g/mol. The van der Waals surface area contributed by atoms with Gasteiger partial charge in [0.1, 0.15) is 15.3 Å². The fourth-order valence-corrected chi connectivity index (χ4v) is 5.38. The first-order valence-corrected chi connectivity index (χ1v) is 12.3. The van der Waals surface area contributed by atoms with Gasteiger partial charge in [0.25, 0.3) is 5.56 Å². The minimum absolute atomic E-state index is 0.0164. The molecule has 5 rings (SSSR count). The average Bonchev–Trinajstić information content (AvgIpc) is 3.22. The molecule has 0 bridgehead atoms. The molecule has 34 heavy (non-hydrogen) atoms. The van der Waals surface area contributed by atoms with E-state index < -0.39 is 0 Å². The second-order valence-corrected chi connectivity index (χ2v) is 9.65. The van der Waals surface area contributed by atoms with Crippen molar-refractivity contribution in [3.05, 3.63) is 94.2 Å². The first kappa shape index (κ1) is 22.2. The summed E-state index contributed by atoms with van der Waals surface area (Å²) in [5, 5.41) is 3.96. The Hall–Kier alpha value is -3.56. The average molecular weight is 491 g/mol. The molecule has 0 spiro atoms. The van der Waals surface area contributed by atoms with E-state index in [1.807, 2.05) is 42.5 Å². The van der Waals surface area contributed by atoms with Gasteiger partial charge >= 0.3 is 0 Å². The standard InChI is InChI=1S/C25H19FN4O2S2/c1-15-9-10-17(12-19(15)26)28-20(31)14-33-25-29-21-18-8-5-11-27-23(18)34-22(21)24(32)30(25)13-16-6-3-2-4-7-16/h2-12H,13-14H2,1H3,(H,28,31). The topological polar surface area (TPSA) is 76.9 Å². The molecule has 0 saturated heterocycles. The lowest BCUT2D eigenvalue weighted by Crippen LogP contribution is -2.24. The third kappa shape index (κ3) is 4.44. The van der Waals surface area contributed by atoms with Crippen molar-refractivity contribution < 1.29 is 9.18 Å². The van der Waals surface area contributed by atoms with Gasteiger partial charge in [-0.3, -0.25) is 14.2 Å². The van der Waals surface area contributed by atoms with Gasteiger partial charge in [0.2, 0.25) is 5.91 Å². The second kappa shape index (κ2) is 9.36. The Morgan fingerprint density at radius 3 is 2.76 bits per heavy atom. The van der Waals surface area contributed by atoms with Crippen molar-refractivity contribution in [1.82, 2.24) is 14.5 Å². The Bertz CT molecular complexity index is 1580. The Balaban J connectivity index is 1.49. The maximum absolute atomic E-state index is 13.8.